The molecule has 21 heavy (non-hydrogen) atoms. The van der Waals surface area contributed by atoms with Crippen LogP contribution < -0.4 is 0 Å². The van der Waals surface area contributed by atoms with E-state index in [9.17, 15) is 0 Å². The van der Waals surface area contributed by atoms with Crippen LogP contribution in [-0.2, 0) is 19.8 Å². The predicted octanol–water partition coefficient (Wildman–Crippen LogP) is 4.93. The van der Waals surface area contributed by atoms with Gasteiger partial charge in [-0.25, -0.2) is 0 Å². The standard InChI is InChI=1S/C17H25BrO3/c1-12(2)21-16(19-4)14-8-7-13(18)11-15(14)17(3)9-5-6-10-20-17/h7-8,11-12,16H,5-6,9-10H2,1-4H3. The van der Waals surface area contributed by atoms with Gasteiger partial charge in [-0.3, -0.25) is 0 Å². The lowest BCUT2D eigenvalue weighted by Crippen LogP contribution is -2.32. The number of hydrogen-bond donors (Lipinski definition) is 0. The minimum atomic E-state index is -0.365. The van der Waals surface area contributed by atoms with Crippen LogP contribution in [0.3, 0.4) is 0 Å². The highest BCUT2D eigenvalue weighted by atomic mass is 79.9. The molecule has 3 nitrogen and oxygen atoms in total. The van der Waals surface area contributed by atoms with E-state index in [2.05, 4.69) is 35.0 Å². The average Bonchev–Trinajstić information content (AvgIpc) is 2.45. The summed E-state index contributed by atoms with van der Waals surface area (Å²) < 4.78 is 18.6. The van der Waals surface area contributed by atoms with Gasteiger partial charge in [0.25, 0.3) is 0 Å². The Morgan fingerprint density at radius 2 is 2.05 bits per heavy atom. The number of benzene rings is 1. The first-order valence-electron chi connectivity index (χ1n) is 7.58. The van der Waals surface area contributed by atoms with Crippen molar-refractivity contribution >= 4 is 15.9 Å². The van der Waals surface area contributed by atoms with Crippen molar-refractivity contribution in [3.63, 3.8) is 0 Å². The Kier molecular flexibility index (Phi) is 5.83. The van der Waals surface area contributed by atoms with E-state index >= 15 is 0 Å². The average molecular weight is 357 g/mol. The summed E-state index contributed by atoms with van der Waals surface area (Å²) in [6.45, 7) is 7.01. The zero-order chi connectivity index (χ0) is 15.5. The third-order valence-electron chi connectivity index (χ3n) is 3.92. The van der Waals surface area contributed by atoms with E-state index in [0.717, 1.165) is 35.0 Å². The molecule has 0 saturated carbocycles. The van der Waals surface area contributed by atoms with Crippen LogP contribution in [-0.4, -0.2) is 19.8 Å². The lowest BCUT2D eigenvalue weighted by Gasteiger charge is -2.37. The zero-order valence-electron chi connectivity index (χ0n) is 13.3. The highest BCUT2D eigenvalue weighted by Gasteiger charge is 2.34. The molecule has 2 atom stereocenters. The molecule has 2 unspecified atom stereocenters. The Labute approximate surface area is 136 Å². The molecule has 4 heteroatoms. The van der Waals surface area contributed by atoms with Crippen LogP contribution in [0.15, 0.2) is 22.7 Å². The maximum absolute atomic E-state index is 6.11. The molecule has 1 aliphatic heterocycles. The predicted molar refractivity (Wildman–Crippen MR) is 87.3 cm³/mol. The molecule has 1 aromatic carbocycles. The molecule has 1 heterocycles. The number of ether oxygens (including phenoxy) is 3. The van der Waals surface area contributed by atoms with Gasteiger partial charge in [-0.2, -0.15) is 0 Å². The fourth-order valence-electron chi connectivity index (χ4n) is 2.84. The van der Waals surface area contributed by atoms with Crippen LogP contribution in [0.25, 0.3) is 0 Å². The third-order valence-corrected chi connectivity index (χ3v) is 4.41. The van der Waals surface area contributed by atoms with Gasteiger partial charge in [0.1, 0.15) is 0 Å². The number of methoxy groups -OCH3 is 1. The molecular weight excluding hydrogens is 332 g/mol. The smallest absolute Gasteiger partial charge is 0.184 e. The van der Waals surface area contributed by atoms with Crippen molar-refractivity contribution in [2.45, 2.75) is 58.0 Å². The van der Waals surface area contributed by atoms with Gasteiger partial charge in [-0.05, 0) is 57.7 Å². The summed E-state index contributed by atoms with van der Waals surface area (Å²) in [7, 11) is 1.68. The molecule has 118 valence electrons. The first-order valence-corrected chi connectivity index (χ1v) is 8.38. The summed E-state index contributed by atoms with van der Waals surface area (Å²) in [6.07, 6.45) is 3.08. The molecule has 0 radical (unpaired) electrons. The highest BCUT2D eigenvalue weighted by molar-refractivity contribution is 9.10. The van der Waals surface area contributed by atoms with E-state index in [1.807, 2.05) is 19.9 Å². The summed E-state index contributed by atoms with van der Waals surface area (Å²) in [5, 5.41) is 0. The number of halogens is 1. The fourth-order valence-corrected chi connectivity index (χ4v) is 3.20. The van der Waals surface area contributed by atoms with Gasteiger partial charge in [0.15, 0.2) is 6.29 Å². The molecule has 0 aromatic heterocycles. The SMILES string of the molecule is COC(OC(C)C)c1ccc(Br)cc1C1(C)CCCCO1. The highest BCUT2D eigenvalue weighted by Crippen LogP contribution is 2.40. The third kappa shape index (κ3) is 4.07. The molecule has 0 bridgehead atoms. The van der Waals surface area contributed by atoms with Crippen molar-refractivity contribution in [2.75, 3.05) is 13.7 Å². The maximum atomic E-state index is 6.11. The lowest BCUT2D eigenvalue weighted by atomic mass is 9.85. The van der Waals surface area contributed by atoms with Crippen LogP contribution in [0, 0.1) is 0 Å². The minimum Gasteiger partial charge on any atom is -0.371 e. The largest absolute Gasteiger partial charge is 0.371 e. The second-order valence-electron chi connectivity index (χ2n) is 6.02. The zero-order valence-corrected chi connectivity index (χ0v) is 14.9. The van der Waals surface area contributed by atoms with E-state index in [4.69, 9.17) is 14.2 Å². The Morgan fingerprint density at radius 1 is 1.29 bits per heavy atom. The summed E-state index contributed by atoms with van der Waals surface area (Å²) in [5.41, 5.74) is 1.94. The quantitative estimate of drug-likeness (QED) is 0.699. The van der Waals surface area contributed by atoms with Crippen molar-refractivity contribution in [1.82, 2.24) is 0 Å². The van der Waals surface area contributed by atoms with Crippen LogP contribution in [0.5, 0.6) is 0 Å². The topological polar surface area (TPSA) is 27.7 Å². The van der Waals surface area contributed by atoms with Gasteiger partial charge in [0, 0.05) is 23.8 Å². The lowest BCUT2D eigenvalue weighted by molar-refractivity contribution is -0.154. The van der Waals surface area contributed by atoms with Crippen molar-refractivity contribution in [2.24, 2.45) is 0 Å². The van der Waals surface area contributed by atoms with Crippen LogP contribution in [0.2, 0.25) is 0 Å². The van der Waals surface area contributed by atoms with E-state index in [0.29, 0.717) is 0 Å². The Hall–Kier alpha value is -0.420. The van der Waals surface area contributed by atoms with E-state index in [1.54, 1.807) is 7.11 Å². The minimum absolute atomic E-state index is 0.103. The maximum Gasteiger partial charge on any atom is 0.184 e. The molecule has 0 aliphatic carbocycles. The first-order chi connectivity index (χ1) is 9.96. The molecular formula is C17H25BrO3. The summed E-state index contributed by atoms with van der Waals surface area (Å²) in [5.74, 6) is 0. The summed E-state index contributed by atoms with van der Waals surface area (Å²) in [4.78, 5) is 0. The molecule has 1 saturated heterocycles. The van der Waals surface area contributed by atoms with Crippen molar-refractivity contribution < 1.29 is 14.2 Å². The molecule has 0 spiro atoms. The van der Waals surface area contributed by atoms with Crippen molar-refractivity contribution in [1.29, 1.82) is 0 Å². The monoisotopic (exact) mass is 356 g/mol. The molecule has 1 aliphatic rings. The summed E-state index contributed by atoms with van der Waals surface area (Å²) in [6, 6.07) is 6.23. The van der Waals surface area contributed by atoms with Gasteiger partial charge in [0.05, 0.1) is 11.7 Å². The van der Waals surface area contributed by atoms with Crippen LogP contribution in [0.4, 0.5) is 0 Å². The van der Waals surface area contributed by atoms with E-state index < -0.39 is 0 Å². The Balaban J connectivity index is 2.41. The molecule has 0 N–H and O–H groups in total. The second kappa shape index (κ2) is 7.23. The molecule has 0 amide bonds. The van der Waals surface area contributed by atoms with Crippen molar-refractivity contribution in [3.05, 3.63) is 33.8 Å². The van der Waals surface area contributed by atoms with Gasteiger partial charge >= 0.3 is 0 Å². The number of hydrogen-bond acceptors (Lipinski definition) is 3. The second-order valence-corrected chi connectivity index (χ2v) is 6.94. The first kappa shape index (κ1) is 16.9. The van der Waals surface area contributed by atoms with Gasteiger partial charge in [0.2, 0.25) is 0 Å². The van der Waals surface area contributed by atoms with Crippen LogP contribution >= 0.6 is 15.9 Å². The van der Waals surface area contributed by atoms with Gasteiger partial charge < -0.3 is 14.2 Å². The molecule has 2 rings (SSSR count). The Morgan fingerprint density at radius 3 is 2.62 bits per heavy atom. The van der Waals surface area contributed by atoms with E-state index in [1.165, 1.54) is 6.42 Å². The normalized spacial score (nSPS) is 24.3. The molecule has 1 aromatic rings. The Bertz CT molecular complexity index is 467. The van der Waals surface area contributed by atoms with Gasteiger partial charge in [-0.1, -0.05) is 22.0 Å². The summed E-state index contributed by atoms with van der Waals surface area (Å²) >= 11 is 3.57. The van der Waals surface area contributed by atoms with E-state index in [-0.39, 0.29) is 18.0 Å². The molecule has 1 fully saturated rings. The number of rotatable bonds is 5. The fraction of sp³-hybridized carbons (Fsp3) is 0.647. The van der Waals surface area contributed by atoms with Gasteiger partial charge in [-0.15, -0.1) is 0 Å². The van der Waals surface area contributed by atoms with Crippen LogP contribution in [0.1, 0.15) is 57.5 Å². The van der Waals surface area contributed by atoms with Crippen molar-refractivity contribution in [3.8, 4) is 0 Å².